The first-order valence-corrected chi connectivity index (χ1v) is 6.04. The van der Waals surface area contributed by atoms with Crippen molar-refractivity contribution in [2.45, 2.75) is 46.4 Å². The minimum Gasteiger partial charge on any atom is -0.393 e. The highest BCUT2D eigenvalue weighted by Crippen LogP contribution is 2.19. The molecule has 0 aromatic carbocycles. The first kappa shape index (κ1) is 13.5. The molecule has 1 heterocycles. The quantitative estimate of drug-likeness (QED) is 0.751. The zero-order chi connectivity index (χ0) is 12.1. The lowest BCUT2D eigenvalue weighted by Gasteiger charge is -2.08. The Morgan fingerprint density at radius 2 is 2.25 bits per heavy atom. The van der Waals surface area contributed by atoms with Gasteiger partial charge in [0, 0.05) is 13.1 Å². The van der Waals surface area contributed by atoms with E-state index in [1.165, 1.54) is 0 Å². The van der Waals surface area contributed by atoms with Crippen molar-refractivity contribution in [3.05, 3.63) is 16.4 Å². The van der Waals surface area contributed by atoms with Gasteiger partial charge in [-0.25, -0.2) is 0 Å². The number of hydrogen-bond acceptors (Lipinski definition) is 3. The van der Waals surface area contributed by atoms with Crippen LogP contribution in [0.15, 0.2) is 0 Å². The second-order valence-electron chi connectivity index (χ2n) is 3.98. The van der Waals surface area contributed by atoms with E-state index in [2.05, 4.69) is 10.4 Å². The summed E-state index contributed by atoms with van der Waals surface area (Å²) in [6.45, 7) is 8.04. The third-order valence-electron chi connectivity index (χ3n) is 2.48. The Bertz CT molecular complexity index is 336. The predicted molar refractivity (Wildman–Crippen MR) is 65.7 cm³/mol. The van der Waals surface area contributed by atoms with Gasteiger partial charge in [0.15, 0.2) is 0 Å². The molecule has 1 aromatic heterocycles. The standard InChI is InChI=1S/C11H20ClN3O/c1-4-15-10(11(12)9(3)14-15)7-13-6-5-8(2)16/h8,13,16H,4-7H2,1-3H3. The lowest BCUT2D eigenvalue weighted by Crippen LogP contribution is -2.20. The summed E-state index contributed by atoms with van der Waals surface area (Å²) in [4.78, 5) is 0. The maximum absolute atomic E-state index is 9.13. The smallest absolute Gasteiger partial charge is 0.0860 e. The molecule has 1 atom stereocenters. The highest BCUT2D eigenvalue weighted by molar-refractivity contribution is 6.31. The van der Waals surface area contributed by atoms with Gasteiger partial charge in [0.25, 0.3) is 0 Å². The van der Waals surface area contributed by atoms with Crippen molar-refractivity contribution in [2.24, 2.45) is 0 Å². The Kier molecular flexibility index (Phi) is 5.25. The summed E-state index contributed by atoms with van der Waals surface area (Å²) in [5, 5.41) is 17.5. The molecule has 0 amide bonds. The van der Waals surface area contributed by atoms with Gasteiger partial charge >= 0.3 is 0 Å². The summed E-state index contributed by atoms with van der Waals surface area (Å²) >= 11 is 6.16. The Hall–Kier alpha value is -0.580. The van der Waals surface area contributed by atoms with Crippen LogP contribution in [0.2, 0.25) is 5.02 Å². The number of aromatic nitrogens is 2. The molecule has 0 aliphatic heterocycles. The van der Waals surface area contributed by atoms with Crippen molar-refractivity contribution in [1.29, 1.82) is 0 Å². The average molecular weight is 246 g/mol. The molecule has 0 aliphatic rings. The van der Waals surface area contributed by atoms with E-state index in [0.717, 1.165) is 35.9 Å². The summed E-state index contributed by atoms with van der Waals surface area (Å²) in [6.07, 6.45) is 0.484. The molecular weight excluding hydrogens is 226 g/mol. The third-order valence-corrected chi connectivity index (χ3v) is 2.98. The maximum Gasteiger partial charge on any atom is 0.0860 e. The van der Waals surface area contributed by atoms with Crippen LogP contribution in [0.25, 0.3) is 0 Å². The molecule has 1 unspecified atom stereocenters. The molecule has 1 rings (SSSR count). The molecule has 92 valence electrons. The molecule has 2 N–H and O–H groups in total. The Morgan fingerprint density at radius 3 is 2.81 bits per heavy atom. The Morgan fingerprint density at radius 1 is 1.56 bits per heavy atom. The van der Waals surface area contributed by atoms with Crippen LogP contribution in [-0.4, -0.2) is 27.5 Å². The number of aliphatic hydroxyl groups excluding tert-OH is 1. The SMILES string of the molecule is CCn1nc(C)c(Cl)c1CNCCC(C)O. The highest BCUT2D eigenvalue weighted by Gasteiger charge is 2.11. The van der Waals surface area contributed by atoms with Crippen molar-refractivity contribution in [3.63, 3.8) is 0 Å². The second-order valence-corrected chi connectivity index (χ2v) is 4.35. The van der Waals surface area contributed by atoms with Crippen molar-refractivity contribution < 1.29 is 5.11 Å². The molecule has 4 nitrogen and oxygen atoms in total. The van der Waals surface area contributed by atoms with Gasteiger partial charge < -0.3 is 10.4 Å². The molecule has 0 saturated carbocycles. The van der Waals surface area contributed by atoms with E-state index >= 15 is 0 Å². The first-order valence-electron chi connectivity index (χ1n) is 5.66. The van der Waals surface area contributed by atoms with Crippen molar-refractivity contribution in [1.82, 2.24) is 15.1 Å². The Labute approximate surface area is 102 Å². The molecule has 0 aliphatic carbocycles. The van der Waals surface area contributed by atoms with E-state index in [-0.39, 0.29) is 6.10 Å². The van der Waals surface area contributed by atoms with Gasteiger partial charge in [-0.3, -0.25) is 4.68 Å². The topological polar surface area (TPSA) is 50.1 Å². The second kappa shape index (κ2) is 6.23. The molecule has 1 aromatic rings. The van der Waals surface area contributed by atoms with Crippen molar-refractivity contribution >= 4 is 11.6 Å². The fraction of sp³-hybridized carbons (Fsp3) is 0.727. The predicted octanol–water partition coefficient (Wildman–Crippen LogP) is 1.73. The van der Waals surface area contributed by atoms with Crippen LogP contribution in [0.4, 0.5) is 0 Å². The van der Waals surface area contributed by atoms with Gasteiger partial charge in [0.05, 0.1) is 22.5 Å². The van der Waals surface area contributed by atoms with E-state index in [1.54, 1.807) is 6.92 Å². The van der Waals surface area contributed by atoms with E-state index < -0.39 is 0 Å². The third kappa shape index (κ3) is 3.47. The lowest BCUT2D eigenvalue weighted by molar-refractivity contribution is 0.183. The number of aliphatic hydroxyl groups is 1. The average Bonchev–Trinajstić information content (AvgIpc) is 2.50. The van der Waals surface area contributed by atoms with Crippen LogP contribution in [-0.2, 0) is 13.1 Å². The van der Waals surface area contributed by atoms with Crippen LogP contribution in [0.5, 0.6) is 0 Å². The number of nitrogens with zero attached hydrogens (tertiary/aromatic N) is 2. The zero-order valence-corrected chi connectivity index (χ0v) is 10.9. The summed E-state index contributed by atoms with van der Waals surface area (Å²) < 4.78 is 1.91. The van der Waals surface area contributed by atoms with Crippen LogP contribution < -0.4 is 5.32 Å². The first-order chi connectivity index (χ1) is 7.56. The monoisotopic (exact) mass is 245 g/mol. The number of hydrogen-bond donors (Lipinski definition) is 2. The molecule has 0 spiro atoms. The molecule has 0 radical (unpaired) electrons. The van der Waals surface area contributed by atoms with E-state index in [1.807, 2.05) is 18.5 Å². The highest BCUT2D eigenvalue weighted by atomic mass is 35.5. The number of rotatable bonds is 6. The van der Waals surface area contributed by atoms with Crippen LogP contribution in [0.1, 0.15) is 31.7 Å². The van der Waals surface area contributed by atoms with Gasteiger partial charge in [0.1, 0.15) is 0 Å². The van der Waals surface area contributed by atoms with Gasteiger partial charge in [-0.2, -0.15) is 5.10 Å². The molecule has 0 fully saturated rings. The molecule has 16 heavy (non-hydrogen) atoms. The lowest BCUT2D eigenvalue weighted by atomic mass is 10.3. The van der Waals surface area contributed by atoms with Crippen LogP contribution in [0.3, 0.4) is 0 Å². The van der Waals surface area contributed by atoms with Gasteiger partial charge in [0.2, 0.25) is 0 Å². The van der Waals surface area contributed by atoms with E-state index in [4.69, 9.17) is 16.7 Å². The van der Waals surface area contributed by atoms with Crippen molar-refractivity contribution in [3.8, 4) is 0 Å². The fourth-order valence-electron chi connectivity index (χ4n) is 1.56. The van der Waals surface area contributed by atoms with Crippen LogP contribution in [0, 0.1) is 6.92 Å². The van der Waals surface area contributed by atoms with Crippen molar-refractivity contribution in [2.75, 3.05) is 6.54 Å². The zero-order valence-electron chi connectivity index (χ0n) is 10.1. The summed E-state index contributed by atoms with van der Waals surface area (Å²) in [5.41, 5.74) is 1.89. The minimum absolute atomic E-state index is 0.263. The number of nitrogens with one attached hydrogen (secondary N) is 1. The largest absolute Gasteiger partial charge is 0.393 e. The molecule has 0 bridgehead atoms. The van der Waals surface area contributed by atoms with Crippen LogP contribution >= 0.6 is 11.6 Å². The molecule has 5 heteroatoms. The molecule has 0 saturated heterocycles. The van der Waals surface area contributed by atoms with E-state index in [9.17, 15) is 0 Å². The van der Waals surface area contributed by atoms with E-state index in [0.29, 0.717) is 6.54 Å². The summed E-state index contributed by atoms with van der Waals surface area (Å²) in [6, 6.07) is 0. The van der Waals surface area contributed by atoms with Gasteiger partial charge in [-0.15, -0.1) is 0 Å². The fourth-order valence-corrected chi connectivity index (χ4v) is 1.76. The number of aryl methyl sites for hydroxylation is 2. The maximum atomic E-state index is 9.13. The Balaban J connectivity index is 2.52. The normalized spacial score (nSPS) is 13.1. The van der Waals surface area contributed by atoms with Gasteiger partial charge in [-0.1, -0.05) is 11.6 Å². The minimum atomic E-state index is -0.263. The summed E-state index contributed by atoms with van der Waals surface area (Å²) in [5.74, 6) is 0. The molecular formula is C11H20ClN3O. The summed E-state index contributed by atoms with van der Waals surface area (Å²) in [7, 11) is 0. The van der Waals surface area contributed by atoms with Gasteiger partial charge in [-0.05, 0) is 33.7 Å². The number of halogens is 1.